The fraction of sp³-hybridized carbons (Fsp3) is 0.0625. The predicted molar refractivity (Wildman–Crippen MR) is 152 cm³/mol. The highest BCUT2D eigenvalue weighted by Gasteiger charge is 2.48. The SMILES string of the molecule is N#Cc1ccc2nc(-c3ccc(N4B5C6=C(C=CCC6)c6ccccc6N5c5ccccc54)cc3)oc2c1. The molecule has 3 heterocycles. The summed E-state index contributed by atoms with van der Waals surface area (Å²) in [6, 6.07) is 33.4. The molecule has 5 aromatic rings. The molecule has 0 spiro atoms. The minimum atomic E-state index is 0.0850. The summed E-state index contributed by atoms with van der Waals surface area (Å²) >= 11 is 0. The highest BCUT2D eigenvalue weighted by molar-refractivity contribution is 6.81. The van der Waals surface area contributed by atoms with E-state index in [0.29, 0.717) is 17.0 Å². The van der Waals surface area contributed by atoms with E-state index < -0.39 is 0 Å². The van der Waals surface area contributed by atoms with Gasteiger partial charge in [0.15, 0.2) is 5.58 Å². The lowest BCUT2D eigenvalue weighted by molar-refractivity contribution is 0.620. The van der Waals surface area contributed by atoms with Crippen LogP contribution in [0, 0.1) is 11.3 Å². The van der Waals surface area contributed by atoms with E-state index in [0.717, 1.165) is 29.6 Å². The van der Waals surface area contributed by atoms with Gasteiger partial charge in [-0.25, -0.2) is 4.98 Å². The van der Waals surface area contributed by atoms with Crippen molar-refractivity contribution in [3.63, 3.8) is 0 Å². The monoisotopic (exact) mass is 488 g/mol. The van der Waals surface area contributed by atoms with Gasteiger partial charge in [-0.15, -0.1) is 0 Å². The molecule has 3 aliphatic rings. The largest absolute Gasteiger partial charge is 0.436 e. The number of hydrogen-bond acceptors (Lipinski definition) is 5. The van der Waals surface area contributed by atoms with Crippen molar-refractivity contribution in [1.82, 2.24) is 4.98 Å². The molecule has 8 rings (SSSR count). The summed E-state index contributed by atoms with van der Waals surface area (Å²) in [5.41, 5.74) is 11.7. The fourth-order valence-electron chi connectivity index (χ4n) is 6.11. The molecule has 2 aliphatic heterocycles. The predicted octanol–water partition coefficient (Wildman–Crippen LogP) is 7.80. The number of hydrogen-bond donors (Lipinski definition) is 0. The van der Waals surface area contributed by atoms with Crippen LogP contribution in [0.25, 0.3) is 28.1 Å². The van der Waals surface area contributed by atoms with Crippen LogP contribution in [0.15, 0.2) is 113 Å². The summed E-state index contributed by atoms with van der Waals surface area (Å²) in [7, 11) is 0. The normalized spacial score (nSPS) is 15.3. The number of allylic oxidation sites excluding steroid dienone is 4. The van der Waals surface area contributed by atoms with Gasteiger partial charge in [-0.1, -0.05) is 42.5 Å². The van der Waals surface area contributed by atoms with Gasteiger partial charge in [-0.05, 0) is 78.5 Å². The number of fused-ring (bicyclic) bond motifs is 8. The second-order valence-electron chi connectivity index (χ2n) is 9.86. The van der Waals surface area contributed by atoms with Crippen LogP contribution in [0.3, 0.4) is 0 Å². The zero-order valence-corrected chi connectivity index (χ0v) is 20.5. The van der Waals surface area contributed by atoms with Crippen LogP contribution in [0.5, 0.6) is 0 Å². The Labute approximate surface area is 220 Å². The molecule has 178 valence electrons. The van der Waals surface area contributed by atoms with Gasteiger partial charge in [-0.2, -0.15) is 5.26 Å². The standard InChI is InChI=1S/C32H21BN4O/c34-20-21-13-18-27-31(19-21)38-32(35-27)22-14-16-23(17-15-22)36-29-11-5-6-12-30(29)37-28-10-4-2-8-25(28)24-7-1-3-9-26(24)33(36)37/h1-2,4-8,10-19H,3,9H2. The fourth-order valence-corrected chi connectivity index (χ4v) is 6.11. The van der Waals surface area contributed by atoms with Crippen molar-refractivity contribution in [2.24, 2.45) is 0 Å². The van der Waals surface area contributed by atoms with Gasteiger partial charge >= 0.3 is 6.98 Å². The van der Waals surface area contributed by atoms with E-state index in [1.807, 2.05) is 6.07 Å². The Morgan fingerprint density at radius 1 is 0.842 bits per heavy atom. The zero-order chi connectivity index (χ0) is 25.2. The van der Waals surface area contributed by atoms with E-state index in [-0.39, 0.29) is 6.98 Å². The molecule has 0 saturated carbocycles. The molecule has 0 bridgehead atoms. The first-order chi connectivity index (χ1) is 18.8. The maximum Gasteiger partial charge on any atom is 0.417 e. The maximum absolute atomic E-state index is 9.21. The average Bonchev–Trinajstić information content (AvgIpc) is 3.57. The van der Waals surface area contributed by atoms with E-state index in [2.05, 4.69) is 106 Å². The van der Waals surface area contributed by atoms with Gasteiger partial charge in [0.25, 0.3) is 0 Å². The minimum absolute atomic E-state index is 0.0850. The van der Waals surface area contributed by atoms with E-state index >= 15 is 0 Å². The van der Waals surface area contributed by atoms with E-state index in [1.165, 1.54) is 33.7 Å². The Morgan fingerprint density at radius 2 is 1.61 bits per heavy atom. The third kappa shape index (κ3) is 2.96. The van der Waals surface area contributed by atoms with Gasteiger partial charge in [0.05, 0.1) is 23.0 Å². The molecule has 0 fully saturated rings. The summed E-state index contributed by atoms with van der Waals surface area (Å²) in [6.45, 7) is 0.0850. The molecular formula is C32H21BN4O. The van der Waals surface area contributed by atoms with Crippen LogP contribution in [-0.2, 0) is 0 Å². The number of nitrogens with zero attached hydrogens (tertiary/aromatic N) is 4. The van der Waals surface area contributed by atoms with Gasteiger partial charge in [0, 0.05) is 28.6 Å². The van der Waals surface area contributed by atoms with Crippen molar-refractivity contribution in [3.05, 3.63) is 120 Å². The topological polar surface area (TPSA) is 56.3 Å². The Balaban J connectivity index is 1.25. The molecule has 1 aliphatic carbocycles. The molecule has 0 saturated heterocycles. The summed E-state index contributed by atoms with van der Waals surface area (Å²) in [6.07, 6.45) is 6.70. The van der Waals surface area contributed by atoms with E-state index in [4.69, 9.17) is 4.42 Å². The molecule has 4 aromatic carbocycles. The maximum atomic E-state index is 9.21. The van der Waals surface area contributed by atoms with Crippen molar-refractivity contribution in [1.29, 1.82) is 5.26 Å². The number of rotatable bonds is 2. The molecular weight excluding hydrogens is 467 g/mol. The summed E-state index contributed by atoms with van der Waals surface area (Å²) < 4.78 is 6.01. The van der Waals surface area contributed by atoms with Crippen LogP contribution in [0.4, 0.5) is 22.7 Å². The highest BCUT2D eigenvalue weighted by atomic mass is 16.3. The second-order valence-corrected chi connectivity index (χ2v) is 9.86. The molecule has 5 nitrogen and oxygen atoms in total. The number of benzene rings is 4. The van der Waals surface area contributed by atoms with Gasteiger partial charge in [0.1, 0.15) is 5.52 Å². The molecule has 38 heavy (non-hydrogen) atoms. The van der Waals surface area contributed by atoms with Gasteiger partial charge in [0.2, 0.25) is 5.89 Å². The van der Waals surface area contributed by atoms with Crippen molar-refractivity contribution in [3.8, 4) is 17.5 Å². The quantitative estimate of drug-likeness (QED) is 0.237. The van der Waals surface area contributed by atoms with E-state index in [9.17, 15) is 5.26 Å². The van der Waals surface area contributed by atoms with Crippen LogP contribution in [0.1, 0.15) is 24.0 Å². The summed E-state index contributed by atoms with van der Waals surface area (Å²) in [4.78, 5) is 9.62. The third-order valence-corrected chi connectivity index (χ3v) is 7.78. The van der Waals surface area contributed by atoms with Crippen molar-refractivity contribution < 1.29 is 4.42 Å². The average molecular weight is 488 g/mol. The summed E-state index contributed by atoms with van der Waals surface area (Å²) in [5, 5.41) is 9.21. The highest BCUT2D eigenvalue weighted by Crippen LogP contribution is 2.54. The molecule has 0 atom stereocenters. The molecule has 0 radical (unpaired) electrons. The van der Waals surface area contributed by atoms with Crippen LogP contribution < -0.4 is 9.62 Å². The zero-order valence-electron chi connectivity index (χ0n) is 20.5. The van der Waals surface area contributed by atoms with Crippen LogP contribution in [-0.4, -0.2) is 12.0 Å². The Bertz CT molecular complexity index is 1860. The molecule has 1 aromatic heterocycles. The lowest BCUT2D eigenvalue weighted by Crippen LogP contribution is -2.48. The van der Waals surface area contributed by atoms with Crippen molar-refractivity contribution in [2.75, 3.05) is 9.62 Å². The smallest absolute Gasteiger partial charge is 0.417 e. The van der Waals surface area contributed by atoms with Crippen molar-refractivity contribution >= 4 is 46.4 Å². The van der Waals surface area contributed by atoms with Gasteiger partial charge < -0.3 is 14.0 Å². The van der Waals surface area contributed by atoms with Crippen molar-refractivity contribution in [2.45, 2.75) is 12.8 Å². The Morgan fingerprint density at radius 3 is 2.42 bits per heavy atom. The lowest BCUT2D eigenvalue weighted by Gasteiger charge is -2.38. The second kappa shape index (κ2) is 7.99. The van der Waals surface area contributed by atoms with E-state index in [1.54, 1.807) is 12.1 Å². The van der Waals surface area contributed by atoms with Crippen LogP contribution in [0.2, 0.25) is 0 Å². The first kappa shape index (κ1) is 21.1. The first-order valence-electron chi connectivity index (χ1n) is 12.9. The Hall–Kier alpha value is -5.02. The molecule has 0 amide bonds. The third-order valence-electron chi connectivity index (χ3n) is 7.78. The number of aromatic nitrogens is 1. The number of anilines is 4. The number of para-hydroxylation sites is 3. The summed E-state index contributed by atoms with van der Waals surface area (Å²) in [5.74, 6) is 0.555. The Kier molecular flexibility index (Phi) is 4.44. The molecule has 0 unspecified atom stereocenters. The minimum Gasteiger partial charge on any atom is -0.436 e. The molecule has 6 heteroatoms. The molecule has 0 N–H and O–H groups in total. The lowest BCUT2D eigenvalue weighted by atomic mass is 9.56. The van der Waals surface area contributed by atoms with Gasteiger partial charge in [-0.3, -0.25) is 0 Å². The first-order valence-corrected chi connectivity index (χ1v) is 12.9. The van der Waals surface area contributed by atoms with Crippen LogP contribution >= 0.6 is 0 Å². The number of nitriles is 1. The number of oxazole rings is 1.